The van der Waals surface area contributed by atoms with Crippen LogP contribution in [0.2, 0.25) is 5.02 Å². The van der Waals surface area contributed by atoms with E-state index in [2.05, 4.69) is 5.32 Å². The molecule has 0 aromatic heterocycles. The third-order valence-electron chi connectivity index (χ3n) is 5.25. The number of anilines is 1. The van der Waals surface area contributed by atoms with Crippen molar-refractivity contribution in [1.82, 2.24) is 10.2 Å². The summed E-state index contributed by atoms with van der Waals surface area (Å²) in [5.41, 5.74) is 0.307. The van der Waals surface area contributed by atoms with Crippen LogP contribution in [0.4, 0.5) is 11.4 Å². The Morgan fingerprint density at radius 2 is 1.86 bits per heavy atom. The number of hydrogen-bond donors (Lipinski definition) is 1. The number of nitrogens with one attached hydrogen (secondary N) is 1. The molecule has 0 radical (unpaired) electrons. The predicted molar refractivity (Wildman–Crippen MR) is 135 cm³/mol. The third-order valence-corrected chi connectivity index (χ3v) is 6.62. The standard InChI is InChI=1S/C23H29ClN4O6S/c1-4-5-12-25-23(30)17(2)26(15-18-8-6-9-19(24)13-18)22(29)16-27(35(3,33)34)20-10-7-11-21(14-20)28(31)32/h6-11,13-14,17H,4-5,12,15-16H2,1-3H3,(H,25,30)/t17-/m1/s1. The van der Waals surface area contributed by atoms with E-state index in [1.165, 1.54) is 23.1 Å². The summed E-state index contributed by atoms with van der Waals surface area (Å²) in [6, 6.07) is 10.9. The number of non-ortho nitro benzene ring substituents is 1. The van der Waals surface area contributed by atoms with Crippen molar-refractivity contribution in [2.75, 3.05) is 23.7 Å². The summed E-state index contributed by atoms with van der Waals surface area (Å²) in [6.07, 6.45) is 2.56. The van der Waals surface area contributed by atoms with Crippen LogP contribution in [0.5, 0.6) is 0 Å². The molecule has 0 saturated heterocycles. The molecule has 2 aromatic rings. The van der Waals surface area contributed by atoms with Gasteiger partial charge in [-0.2, -0.15) is 0 Å². The SMILES string of the molecule is CCCCNC(=O)[C@@H](C)N(Cc1cccc(Cl)c1)C(=O)CN(c1cccc([N+](=O)[O-])c1)S(C)(=O)=O. The minimum absolute atomic E-state index is 0.00823. The number of unbranched alkanes of at least 4 members (excludes halogenated alkanes) is 1. The number of benzene rings is 2. The topological polar surface area (TPSA) is 130 Å². The smallest absolute Gasteiger partial charge is 0.271 e. The molecule has 0 heterocycles. The molecule has 0 saturated carbocycles. The van der Waals surface area contributed by atoms with Crippen molar-refractivity contribution in [2.45, 2.75) is 39.3 Å². The zero-order valence-corrected chi connectivity index (χ0v) is 21.4. The summed E-state index contributed by atoms with van der Waals surface area (Å²) in [6.45, 7) is 3.35. The minimum Gasteiger partial charge on any atom is -0.354 e. The van der Waals surface area contributed by atoms with Crippen molar-refractivity contribution in [1.29, 1.82) is 0 Å². The lowest BCUT2D eigenvalue weighted by Crippen LogP contribution is -2.51. The first-order chi connectivity index (χ1) is 16.4. The molecule has 0 aliphatic heterocycles. The van der Waals surface area contributed by atoms with Gasteiger partial charge in [0.15, 0.2) is 0 Å². The van der Waals surface area contributed by atoms with Crippen LogP contribution in [0.1, 0.15) is 32.3 Å². The fourth-order valence-electron chi connectivity index (χ4n) is 3.33. The highest BCUT2D eigenvalue weighted by Gasteiger charge is 2.30. The molecule has 10 nitrogen and oxygen atoms in total. The average Bonchev–Trinajstić information content (AvgIpc) is 2.79. The van der Waals surface area contributed by atoms with Crippen LogP contribution < -0.4 is 9.62 Å². The van der Waals surface area contributed by atoms with Crippen LogP contribution in [-0.2, 0) is 26.2 Å². The van der Waals surface area contributed by atoms with Crippen LogP contribution in [0.25, 0.3) is 0 Å². The van der Waals surface area contributed by atoms with Crippen LogP contribution in [0.15, 0.2) is 48.5 Å². The van der Waals surface area contributed by atoms with E-state index in [1.54, 1.807) is 31.2 Å². The number of carbonyl (C=O) groups excluding carboxylic acids is 2. The number of hydrogen-bond acceptors (Lipinski definition) is 6. The molecular formula is C23H29ClN4O6S. The highest BCUT2D eigenvalue weighted by molar-refractivity contribution is 7.92. The molecule has 0 spiro atoms. The monoisotopic (exact) mass is 524 g/mol. The van der Waals surface area contributed by atoms with Gasteiger partial charge in [-0.1, -0.05) is 43.1 Å². The van der Waals surface area contributed by atoms with Gasteiger partial charge in [-0.15, -0.1) is 0 Å². The number of sulfonamides is 1. The second-order valence-electron chi connectivity index (χ2n) is 8.02. The fraction of sp³-hybridized carbons (Fsp3) is 0.391. The van der Waals surface area contributed by atoms with E-state index < -0.39 is 33.4 Å². The van der Waals surface area contributed by atoms with E-state index in [9.17, 15) is 28.1 Å². The summed E-state index contributed by atoms with van der Waals surface area (Å²) >= 11 is 6.07. The van der Waals surface area contributed by atoms with Gasteiger partial charge in [0.1, 0.15) is 12.6 Å². The maximum absolute atomic E-state index is 13.4. The van der Waals surface area contributed by atoms with E-state index in [0.29, 0.717) is 17.1 Å². The first-order valence-electron chi connectivity index (χ1n) is 11.0. The van der Waals surface area contributed by atoms with Crippen molar-refractivity contribution >= 4 is 44.8 Å². The maximum Gasteiger partial charge on any atom is 0.271 e. The molecule has 12 heteroatoms. The third kappa shape index (κ3) is 8.22. The Hall–Kier alpha value is -3.18. The zero-order valence-electron chi connectivity index (χ0n) is 19.8. The Kier molecular flexibility index (Phi) is 10.0. The predicted octanol–water partition coefficient (Wildman–Crippen LogP) is 3.35. The molecule has 0 fully saturated rings. The Balaban J connectivity index is 2.39. The van der Waals surface area contributed by atoms with E-state index in [-0.39, 0.29) is 23.8 Å². The largest absolute Gasteiger partial charge is 0.354 e. The first-order valence-corrected chi connectivity index (χ1v) is 13.2. The van der Waals surface area contributed by atoms with Gasteiger partial charge in [-0.3, -0.25) is 24.0 Å². The molecular weight excluding hydrogens is 496 g/mol. The molecule has 190 valence electrons. The van der Waals surface area contributed by atoms with Crippen molar-refractivity contribution < 1.29 is 22.9 Å². The van der Waals surface area contributed by atoms with Gasteiger partial charge < -0.3 is 10.2 Å². The number of nitro groups is 1. The molecule has 35 heavy (non-hydrogen) atoms. The quantitative estimate of drug-likeness (QED) is 0.257. The summed E-state index contributed by atoms with van der Waals surface area (Å²) in [4.78, 5) is 38.0. The normalized spacial score (nSPS) is 12.0. The van der Waals surface area contributed by atoms with Crippen LogP contribution in [0.3, 0.4) is 0 Å². The maximum atomic E-state index is 13.4. The fourth-order valence-corrected chi connectivity index (χ4v) is 4.38. The molecule has 1 N–H and O–H groups in total. The molecule has 0 bridgehead atoms. The number of amides is 2. The van der Waals surface area contributed by atoms with Gasteiger partial charge in [0.05, 0.1) is 16.9 Å². The van der Waals surface area contributed by atoms with Gasteiger partial charge in [0.25, 0.3) is 5.69 Å². The van der Waals surface area contributed by atoms with Gasteiger partial charge in [-0.25, -0.2) is 8.42 Å². The van der Waals surface area contributed by atoms with Gasteiger partial charge in [0, 0.05) is 30.2 Å². The number of nitrogens with zero attached hydrogens (tertiary/aromatic N) is 3. The summed E-state index contributed by atoms with van der Waals surface area (Å²) in [5.74, 6) is -1.03. The molecule has 0 unspecified atom stereocenters. The molecule has 1 atom stereocenters. The van der Waals surface area contributed by atoms with Gasteiger partial charge in [0.2, 0.25) is 21.8 Å². The summed E-state index contributed by atoms with van der Waals surface area (Å²) < 4.78 is 25.9. The number of carbonyl (C=O) groups is 2. The van der Waals surface area contributed by atoms with E-state index in [4.69, 9.17) is 11.6 Å². The van der Waals surface area contributed by atoms with Crippen molar-refractivity contribution in [3.8, 4) is 0 Å². The lowest BCUT2D eigenvalue weighted by atomic mass is 10.1. The lowest BCUT2D eigenvalue weighted by molar-refractivity contribution is -0.384. The summed E-state index contributed by atoms with van der Waals surface area (Å²) in [5, 5.41) is 14.4. The summed E-state index contributed by atoms with van der Waals surface area (Å²) in [7, 11) is -3.99. The number of nitro benzene ring substituents is 1. The second kappa shape index (κ2) is 12.5. The second-order valence-corrected chi connectivity index (χ2v) is 10.4. The number of rotatable bonds is 12. The molecule has 2 aromatic carbocycles. The van der Waals surface area contributed by atoms with Crippen molar-refractivity contribution in [3.63, 3.8) is 0 Å². The van der Waals surface area contributed by atoms with E-state index >= 15 is 0 Å². The Morgan fingerprint density at radius 1 is 1.17 bits per heavy atom. The van der Waals surface area contributed by atoms with Gasteiger partial charge >= 0.3 is 0 Å². The zero-order chi connectivity index (χ0) is 26.2. The average molecular weight is 525 g/mol. The van der Waals surface area contributed by atoms with Crippen LogP contribution in [0, 0.1) is 10.1 Å². The van der Waals surface area contributed by atoms with Gasteiger partial charge in [-0.05, 0) is 37.1 Å². The van der Waals surface area contributed by atoms with E-state index in [0.717, 1.165) is 29.5 Å². The Morgan fingerprint density at radius 3 is 2.46 bits per heavy atom. The van der Waals surface area contributed by atoms with Crippen LogP contribution in [-0.4, -0.2) is 55.4 Å². The highest BCUT2D eigenvalue weighted by Crippen LogP contribution is 2.24. The highest BCUT2D eigenvalue weighted by atomic mass is 35.5. The first kappa shape index (κ1) is 28.1. The molecule has 0 aliphatic carbocycles. The Labute approximate surface area is 210 Å². The van der Waals surface area contributed by atoms with Crippen molar-refractivity contribution in [3.05, 3.63) is 69.2 Å². The van der Waals surface area contributed by atoms with E-state index in [1.807, 2.05) is 6.92 Å². The molecule has 0 aliphatic rings. The lowest BCUT2D eigenvalue weighted by Gasteiger charge is -2.31. The number of halogens is 1. The minimum atomic E-state index is -3.99. The van der Waals surface area contributed by atoms with Crippen LogP contribution >= 0.6 is 11.6 Å². The Bertz CT molecular complexity index is 1170. The molecule has 2 rings (SSSR count). The van der Waals surface area contributed by atoms with Crippen molar-refractivity contribution in [2.24, 2.45) is 0 Å². The molecule has 2 amide bonds.